The van der Waals surface area contributed by atoms with Crippen LogP contribution in [0.3, 0.4) is 0 Å². The molecule has 0 radical (unpaired) electrons. The van der Waals surface area contributed by atoms with E-state index in [0.717, 1.165) is 15.4 Å². The van der Waals surface area contributed by atoms with Crippen LogP contribution in [0, 0.1) is 5.41 Å². The van der Waals surface area contributed by atoms with Gasteiger partial charge in [-0.05, 0) is 40.2 Å². The average molecular weight is 360 g/mol. The first-order valence-corrected chi connectivity index (χ1v) is 6.06. The Morgan fingerprint density at radius 3 is 2.47 bits per heavy atom. The van der Waals surface area contributed by atoms with Gasteiger partial charge in [0, 0.05) is 8.95 Å². The molecule has 0 fully saturated rings. The monoisotopic (exact) mass is 358 g/mol. The Balaban J connectivity index is 3.35. The van der Waals surface area contributed by atoms with E-state index >= 15 is 0 Å². The van der Waals surface area contributed by atoms with Crippen LogP contribution in [0.1, 0.15) is 0 Å². The first kappa shape index (κ1) is 13.8. The zero-order chi connectivity index (χ0) is 13.0. The minimum atomic E-state index is -0.728. The minimum absolute atomic E-state index is 0.359. The SMILES string of the molecule is C=CC(=O)N(C(=O)C=N)c1cc(Br)ccc1Br. The summed E-state index contributed by atoms with van der Waals surface area (Å²) in [6.07, 6.45) is 1.60. The van der Waals surface area contributed by atoms with Gasteiger partial charge in [0.15, 0.2) is 0 Å². The minimum Gasteiger partial charge on any atom is -0.303 e. The van der Waals surface area contributed by atoms with Crippen LogP contribution in [0.25, 0.3) is 0 Å². The molecular weight excluding hydrogens is 352 g/mol. The van der Waals surface area contributed by atoms with Crippen molar-refractivity contribution < 1.29 is 9.59 Å². The van der Waals surface area contributed by atoms with Crippen LogP contribution >= 0.6 is 31.9 Å². The van der Waals surface area contributed by atoms with Gasteiger partial charge in [0.1, 0.15) is 0 Å². The molecule has 0 saturated heterocycles. The van der Waals surface area contributed by atoms with Gasteiger partial charge in [0.2, 0.25) is 0 Å². The molecule has 0 heterocycles. The first-order valence-electron chi connectivity index (χ1n) is 4.47. The molecule has 0 aromatic heterocycles. The summed E-state index contributed by atoms with van der Waals surface area (Å²) in [6, 6.07) is 5.06. The fourth-order valence-corrected chi connectivity index (χ4v) is 1.93. The van der Waals surface area contributed by atoms with Gasteiger partial charge in [-0.3, -0.25) is 9.59 Å². The van der Waals surface area contributed by atoms with E-state index in [0.29, 0.717) is 16.4 Å². The standard InChI is InChI=1S/C11H8Br2N2O2/c1-2-10(16)15(11(17)6-14)9-5-7(12)3-4-8(9)13/h2-6,14H,1H2. The molecule has 0 bridgehead atoms. The predicted molar refractivity (Wildman–Crippen MR) is 73.3 cm³/mol. The maximum Gasteiger partial charge on any atom is 0.275 e. The smallest absolute Gasteiger partial charge is 0.275 e. The molecule has 0 atom stereocenters. The zero-order valence-electron chi connectivity index (χ0n) is 8.61. The third-order valence-corrected chi connectivity index (χ3v) is 3.05. The Labute approximate surface area is 115 Å². The van der Waals surface area contributed by atoms with Crippen molar-refractivity contribution in [3.8, 4) is 0 Å². The van der Waals surface area contributed by atoms with E-state index in [9.17, 15) is 9.59 Å². The number of nitrogens with zero attached hydrogens (tertiary/aromatic N) is 1. The van der Waals surface area contributed by atoms with E-state index in [4.69, 9.17) is 5.41 Å². The highest BCUT2D eigenvalue weighted by atomic mass is 79.9. The van der Waals surface area contributed by atoms with Crippen molar-refractivity contribution >= 4 is 55.6 Å². The lowest BCUT2D eigenvalue weighted by Crippen LogP contribution is -2.36. The molecule has 1 N–H and O–H groups in total. The topological polar surface area (TPSA) is 61.2 Å². The molecule has 4 nitrogen and oxygen atoms in total. The summed E-state index contributed by atoms with van der Waals surface area (Å²) in [7, 11) is 0. The maximum atomic E-state index is 11.6. The lowest BCUT2D eigenvalue weighted by Gasteiger charge is -2.18. The number of hydrogen-bond acceptors (Lipinski definition) is 3. The second-order valence-corrected chi connectivity index (χ2v) is 4.73. The number of hydrogen-bond donors (Lipinski definition) is 1. The summed E-state index contributed by atoms with van der Waals surface area (Å²) >= 11 is 6.50. The van der Waals surface area contributed by atoms with E-state index in [1.54, 1.807) is 18.2 Å². The summed E-state index contributed by atoms with van der Waals surface area (Å²) in [5, 5.41) is 6.95. The van der Waals surface area contributed by atoms with E-state index in [2.05, 4.69) is 38.4 Å². The van der Waals surface area contributed by atoms with Gasteiger partial charge in [0.25, 0.3) is 11.8 Å². The number of amides is 2. The van der Waals surface area contributed by atoms with Crippen LogP contribution in [0.15, 0.2) is 39.8 Å². The van der Waals surface area contributed by atoms with Gasteiger partial charge in [-0.25, -0.2) is 4.90 Å². The molecule has 1 rings (SSSR count). The van der Waals surface area contributed by atoms with Crippen LogP contribution in [0.5, 0.6) is 0 Å². The van der Waals surface area contributed by atoms with E-state index < -0.39 is 11.8 Å². The summed E-state index contributed by atoms with van der Waals surface area (Å²) in [5.41, 5.74) is 0.359. The largest absolute Gasteiger partial charge is 0.303 e. The van der Waals surface area contributed by atoms with Gasteiger partial charge >= 0.3 is 0 Å². The average Bonchev–Trinajstić information content (AvgIpc) is 2.33. The fourth-order valence-electron chi connectivity index (χ4n) is 1.16. The first-order chi connectivity index (χ1) is 8.01. The summed E-state index contributed by atoms with van der Waals surface area (Å²) < 4.78 is 1.29. The van der Waals surface area contributed by atoms with Gasteiger partial charge in [-0.15, -0.1) is 0 Å². The zero-order valence-corrected chi connectivity index (χ0v) is 11.8. The molecular formula is C11H8Br2N2O2. The van der Waals surface area contributed by atoms with Gasteiger partial charge in [-0.1, -0.05) is 22.5 Å². The predicted octanol–water partition coefficient (Wildman–Crippen LogP) is 2.91. The summed E-state index contributed by atoms with van der Waals surface area (Å²) in [6.45, 7) is 3.33. The van der Waals surface area contributed by atoms with Gasteiger partial charge in [-0.2, -0.15) is 0 Å². The van der Waals surface area contributed by atoms with Gasteiger partial charge < -0.3 is 5.41 Å². The highest BCUT2D eigenvalue weighted by Crippen LogP contribution is 2.29. The molecule has 88 valence electrons. The molecule has 0 spiro atoms. The summed E-state index contributed by atoms with van der Waals surface area (Å²) in [4.78, 5) is 24.0. The van der Waals surface area contributed by atoms with Crippen molar-refractivity contribution in [2.75, 3.05) is 4.90 Å². The quantitative estimate of drug-likeness (QED) is 0.666. The Morgan fingerprint density at radius 2 is 1.94 bits per heavy atom. The van der Waals surface area contributed by atoms with Crippen molar-refractivity contribution in [1.82, 2.24) is 0 Å². The number of benzene rings is 1. The van der Waals surface area contributed by atoms with E-state index in [-0.39, 0.29) is 0 Å². The number of carbonyl (C=O) groups is 2. The number of carbonyl (C=O) groups excluding carboxylic acids is 2. The molecule has 2 amide bonds. The van der Waals surface area contributed by atoms with Crippen molar-refractivity contribution in [3.63, 3.8) is 0 Å². The molecule has 0 aliphatic rings. The van der Waals surface area contributed by atoms with Crippen LogP contribution in [-0.4, -0.2) is 18.0 Å². The highest BCUT2D eigenvalue weighted by Gasteiger charge is 2.21. The number of nitrogens with one attached hydrogen (secondary N) is 1. The third kappa shape index (κ3) is 3.10. The molecule has 0 unspecified atom stereocenters. The lowest BCUT2D eigenvalue weighted by molar-refractivity contribution is -0.120. The molecule has 0 aliphatic heterocycles. The number of halogens is 2. The summed E-state index contributed by atoms with van der Waals surface area (Å²) in [5.74, 6) is -1.31. The second-order valence-electron chi connectivity index (χ2n) is 2.96. The molecule has 17 heavy (non-hydrogen) atoms. The molecule has 0 saturated carbocycles. The van der Waals surface area contributed by atoms with Crippen LogP contribution in [-0.2, 0) is 9.59 Å². The molecule has 0 aliphatic carbocycles. The maximum absolute atomic E-state index is 11.6. The van der Waals surface area contributed by atoms with Crippen molar-refractivity contribution in [2.24, 2.45) is 0 Å². The Bertz CT molecular complexity index is 480. The van der Waals surface area contributed by atoms with Crippen LogP contribution < -0.4 is 4.90 Å². The lowest BCUT2D eigenvalue weighted by atomic mass is 10.2. The van der Waals surface area contributed by atoms with Gasteiger partial charge in [0.05, 0.1) is 11.9 Å². The molecule has 6 heteroatoms. The third-order valence-electron chi connectivity index (χ3n) is 1.89. The number of anilines is 1. The normalized spacial score (nSPS) is 9.53. The van der Waals surface area contributed by atoms with Crippen LogP contribution in [0.2, 0.25) is 0 Å². The highest BCUT2D eigenvalue weighted by molar-refractivity contribution is 9.11. The molecule has 1 aromatic carbocycles. The molecule has 1 aromatic rings. The fraction of sp³-hybridized carbons (Fsp3) is 0. The number of rotatable bonds is 3. The van der Waals surface area contributed by atoms with E-state index in [1.165, 1.54) is 0 Å². The van der Waals surface area contributed by atoms with Crippen molar-refractivity contribution in [2.45, 2.75) is 0 Å². The Hall–Kier alpha value is -1.27. The van der Waals surface area contributed by atoms with Crippen LogP contribution in [0.4, 0.5) is 5.69 Å². The second kappa shape index (κ2) is 5.88. The van der Waals surface area contributed by atoms with E-state index in [1.807, 2.05) is 0 Å². The number of imide groups is 1. The van der Waals surface area contributed by atoms with Crippen molar-refractivity contribution in [3.05, 3.63) is 39.8 Å². The Morgan fingerprint density at radius 1 is 1.29 bits per heavy atom. The van der Waals surface area contributed by atoms with Crippen molar-refractivity contribution in [1.29, 1.82) is 5.41 Å². The Kier molecular flexibility index (Phi) is 4.77.